The van der Waals surface area contributed by atoms with E-state index in [2.05, 4.69) is 11.9 Å². The molecule has 0 aliphatic rings. The lowest BCUT2D eigenvalue weighted by Crippen LogP contribution is -2.30. The van der Waals surface area contributed by atoms with Gasteiger partial charge in [0, 0.05) is 22.9 Å². The lowest BCUT2D eigenvalue weighted by molar-refractivity contribution is -0.140. The summed E-state index contributed by atoms with van der Waals surface area (Å²) in [7, 11) is 0. The van der Waals surface area contributed by atoms with Gasteiger partial charge >= 0.3 is 12.1 Å². The van der Waals surface area contributed by atoms with Crippen molar-refractivity contribution in [3.05, 3.63) is 48.6 Å². The number of rotatable bonds is 14. The van der Waals surface area contributed by atoms with E-state index in [-0.39, 0.29) is 39.6 Å². The molecular formula is C23H29NO8. The molecule has 2 aromatic rings. The van der Waals surface area contributed by atoms with Crippen molar-refractivity contribution in [1.82, 2.24) is 5.32 Å². The van der Waals surface area contributed by atoms with Crippen molar-refractivity contribution in [1.29, 1.82) is 0 Å². The Morgan fingerprint density at radius 1 is 0.906 bits per heavy atom. The molecule has 0 aliphatic heterocycles. The third-order valence-electron chi connectivity index (χ3n) is 4.09. The van der Waals surface area contributed by atoms with Crippen LogP contribution in [0.2, 0.25) is 0 Å². The van der Waals surface area contributed by atoms with Gasteiger partial charge in [-0.2, -0.15) is 0 Å². The van der Waals surface area contributed by atoms with E-state index in [1.807, 2.05) is 24.3 Å². The predicted octanol–water partition coefficient (Wildman–Crippen LogP) is 2.45. The number of hydrogen-bond donors (Lipinski definition) is 2. The van der Waals surface area contributed by atoms with Crippen molar-refractivity contribution >= 4 is 22.8 Å². The first kappa shape index (κ1) is 25.1. The third-order valence-corrected chi connectivity index (χ3v) is 4.09. The summed E-state index contributed by atoms with van der Waals surface area (Å²) in [6, 6.07) is 10.7. The van der Waals surface area contributed by atoms with Gasteiger partial charge in [0.05, 0.1) is 33.0 Å². The first-order valence-corrected chi connectivity index (χ1v) is 10.2. The van der Waals surface area contributed by atoms with Crippen molar-refractivity contribution < 1.29 is 38.4 Å². The molecule has 1 amide bonds. The molecule has 0 unspecified atom stereocenters. The molecule has 0 spiro atoms. The van der Waals surface area contributed by atoms with E-state index in [0.717, 1.165) is 10.8 Å². The third kappa shape index (κ3) is 8.54. The molecule has 9 heteroatoms. The van der Waals surface area contributed by atoms with E-state index in [1.165, 1.54) is 0 Å². The van der Waals surface area contributed by atoms with Gasteiger partial charge in [0.15, 0.2) is 0 Å². The molecule has 2 aromatic carbocycles. The van der Waals surface area contributed by atoms with Crippen LogP contribution in [0.25, 0.3) is 10.8 Å². The maximum absolute atomic E-state index is 12.1. The topological polar surface area (TPSA) is 113 Å². The maximum Gasteiger partial charge on any atom is 0.412 e. The minimum Gasteiger partial charge on any atom is -0.491 e. The van der Waals surface area contributed by atoms with Crippen molar-refractivity contribution in [2.24, 2.45) is 0 Å². The van der Waals surface area contributed by atoms with Gasteiger partial charge in [0.1, 0.15) is 24.7 Å². The van der Waals surface area contributed by atoms with Gasteiger partial charge in [0.2, 0.25) is 0 Å². The Morgan fingerprint density at radius 3 is 2.22 bits per heavy atom. The highest BCUT2D eigenvalue weighted by Crippen LogP contribution is 2.33. The highest BCUT2D eigenvalue weighted by atomic mass is 16.6. The lowest BCUT2D eigenvalue weighted by Gasteiger charge is -2.12. The van der Waals surface area contributed by atoms with Gasteiger partial charge in [0.25, 0.3) is 0 Å². The SMILES string of the molecule is C=C(C)C(=O)OCCOCCOCCNC(=O)Oc1ccc(OCCO)c2ccccc12. The highest BCUT2D eigenvalue weighted by molar-refractivity contribution is 5.94. The number of ether oxygens (including phenoxy) is 5. The first-order chi connectivity index (χ1) is 15.5. The second-order valence-corrected chi connectivity index (χ2v) is 6.64. The zero-order chi connectivity index (χ0) is 23.2. The average molecular weight is 447 g/mol. The number of carbonyl (C=O) groups is 2. The Labute approximate surface area is 186 Å². The van der Waals surface area contributed by atoms with Crippen LogP contribution in [0.15, 0.2) is 48.6 Å². The minimum absolute atomic E-state index is 0.0892. The smallest absolute Gasteiger partial charge is 0.412 e. The summed E-state index contributed by atoms with van der Waals surface area (Å²) >= 11 is 0. The quantitative estimate of drug-likeness (QED) is 0.258. The molecule has 0 saturated heterocycles. The Balaban J connectivity index is 1.64. The van der Waals surface area contributed by atoms with Crippen LogP contribution < -0.4 is 14.8 Å². The Hall–Kier alpha value is -3.14. The predicted molar refractivity (Wildman–Crippen MR) is 118 cm³/mol. The molecule has 174 valence electrons. The van der Waals surface area contributed by atoms with Crippen LogP contribution in [-0.2, 0) is 19.0 Å². The van der Waals surface area contributed by atoms with Crippen LogP contribution in [0.4, 0.5) is 4.79 Å². The fourth-order valence-electron chi connectivity index (χ4n) is 2.61. The molecule has 0 fully saturated rings. The molecule has 0 aromatic heterocycles. The van der Waals surface area contributed by atoms with Crippen LogP contribution in [0.5, 0.6) is 11.5 Å². The number of aliphatic hydroxyl groups excluding tert-OH is 1. The minimum atomic E-state index is -0.599. The molecule has 0 saturated carbocycles. The van der Waals surface area contributed by atoms with E-state index in [9.17, 15) is 9.59 Å². The number of fused-ring (bicyclic) bond motifs is 1. The van der Waals surface area contributed by atoms with E-state index in [1.54, 1.807) is 19.1 Å². The molecule has 2 rings (SSSR count). The van der Waals surface area contributed by atoms with Gasteiger partial charge in [-0.25, -0.2) is 9.59 Å². The second-order valence-electron chi connectivity index (χ2n) is 6.64. The molecule has 0 radical (unpaired) electrons. The summed E-state index contributed by atoms with van der Waals surface area (Å²) < 4.78 is 26.5. The van der Waals surface area contributed by atoms with Crippen molar-refractivity contribution in [2.45, 2.75) is 6.92 Å². The average Bonchev–Trinajstić information content (AvgIpc) is 2.79. The summed E-state index contributed by atoms with van der Waals surface area (Å²) in [6.45, 7) is 6.81. The van der Waals surface area contributed by atoms with Crippen LogP contribution in [0.1, 0.15) is 6.92 Å². The van der Waals surface area contributed by atoms with Crippen molar-refractivity contribution in [3.63, 3.8) is 0 Å². The summed E-state index contributed by atoms with van der Waals surface area (Å²) in [5.74, 6) is 0.560. The highest BCUT2D eigenvalue weighted by Gasteiger charge is 2.11. The normalized spacial score (nSPS) is 10.6. The van der Waals surface area contributed by atoms with E-state index >= 15 is 0 Å². The molecule has 0 aliphatic carbocycles. The molecule has 0 heterocycles. The second kappa shape index (κ2) is 14.0. The van der Waals surface area contributed by atoms with Crippen molar-refractivity contribution in [3.8, 4) is 11.5 Å². The first-order valence-electron chi connectivity index (χ1n) is 10.2. The number of carbonyl (C=O) groups excluding carboxylic acids is 2. The molecule has 0 bridgehead atoms. The van der Waals surface area contributed by atoms with Gasteiger partial charge < -0.3 is 34.1 Å². The number of esters is 1. The van der Waals surface area contributed by atoms with Gasteiger partial charge in [-0.3, -0.25) is 0 Å². The standard InChI is InChI=1S/C23H29NO8/c1-17(2)22(26)31-16-15-29-14-13-28-11-9-24-23(27)32-21-8-7-20(30-12-10-25)18-5-3-4-6-19(18)21/h3-8,25H,1,9-16H2,2H3,(H,24,27). The van der Waals surface area contributed by atoms with Gasteiger partial charge in [-0.15, -0.1) is 0 Å². The number of hydrogen-bond acceptors (Lipinski definition) is 8. The number of nitrogens with one attached hydrogen (secondary N) is 1. The van der Waals surface area contributed by atoms with Crippen LogP contribution in [-0.4, -0.2) is 70.0 Å². The summed E-state index contributed by atoms with van der Waals surface area (Å²) in [5, 5.41) is 13.1. The maximum atomic E-state index is 12.1. The Kier molecular flexibility index (Phi) is 11.0. The van der Waals surface area contributed by atoms with Crippen molar-refractivity contribution in [2.75, 3.05) is 52.8 Å². The van der Waals surface area contributed by atoms with E-state index < -0.39 is 12.1 Å². The lowest BCUT2D eigenvalue weighted by atomic mass is 10.1. The zero-order valence-electron chi connectivity index (χ0n) is 18.1. The van der Waals surface area contributed by atoms with Gasteiger partial charge in [-0.05, 0) is 19.1 Å². The molecular weight excluding hydrogens is 418 g/mol. The largest absolute Gasteiger partial charge is 0.491 e. The monoisotopic (exact) mass is 447 g/mol. The number of benzene rings is 2. The molecule has 32 heavy (non-hydrogen) atoms. The fraction of sp³-hybridized carbons (Fsp3) is 0.391. The Morgan fingerprint density at radius 2 is 1.53 bits per heavy atom. The Bertz CT molecular complexity index is 899. The molecule has 0 atom stereocenters. The summed E-state index contributed by atoms with van der Waals surface area (Å²) in [4.78, 5) is 23.3. The summed E-state index contributed by atoms with van der Waals surface area (Å²) in [5.41, 5.74) is 0.344. The van der Waals surface area contributed by atoms with Crippen LogP contribution >= 0.6 is 0 Å². The van der Waals surface area contributed by atoms with Crippen LogP contribution in [0, 0.1) is 0 Å². The van der Waals surface area contributed by atoms with Crippen LogP contribution in [0.3, 0.4) is 0 Å². The number of amides is 1. The fourth-order valence-corrected chi connectivity index (χ4v) is 2.61. The molecule has 2 N–H and O–H groups in total. The zero-order valence-corrected chi connectivity index (χ0v) is 18.1. The van der Waals surface area contributed by atoms with E-state index in [4.69, 9.17) is 28.8 Å². The number of aliphatic hydroxyl groups is 1. The molecule has 9 nitrogen and oxygen atoms in total. The summed E-state index contributed by atoms with van der Waals surface area (Å²) in [6.07, 6.45) is -0.599. The van der Waals surface area contributed by atoms with Gasteiger partial charge in [-0.1, -0.05) is 30.8 Å². The van der Waals surface area contributed by atoms with E-state index in [0.29, 0.717) is 30.3 Å².